The number of carbonyl (C=O) groups excluding carboxylic acids is 1. The average Bonchev–Trinajstić information content (AvgIpc) is 2.46. The van der Waals surface area contributed by atoms with E-state index >= 15 is 0 Å². The first-order valence-electron chi connectivity index (χ1n) is 5.98. The van der Waals surface area contributed by atoms with Crippen molar-refractivity contribution in [1.82, 2.24) is 0 Å². The summed E-state index contributed by atoms with van der Waals surface area (Å²) in [5, 5.41) is 0. The molecule has 0 aliphatic heterocycles. The molecule has 0 aromatic heterocycles. The van der Waals surface area contributed by atoms with Crippen LogP contribution in [0.4, 0.5) is 0 Å². The van der Waals surface area contributed by atoms with Crippen molar-refractivity contribution in [3.63, 3.8) is 0 Å². The number of halogens is 1. The standard InChI is InChI=1S/C14H15IO3/c15-18-13-8-6-12(7-9-13)14(16)17-10-11-4-2-1-3-5-11/h1-5,8,12H,6-7,9-10H2. The van der Waals surface area contributed by atoms with Gasteiger partial charge in [-0.25, -0.2) is 0 Å². The van der Waals surface area contributed by atoms with Gasteiger partial charge in [0.05, 0.1) is 5.92 Å². The van der Waals surface area contributed by atoms with E-state index in [9.17, 15) is 4.79 Å². The summed E-state index contributed by atoms with van der Waals surface area (Å²) >= 11 is 1.87. The number of hydrogen-bond acceptors (Lipinski definition) is 3. The lowest BCUT2D eigenvalue weighted by atomic mass is 9.93. The van der Waals surface area contributed by atoms with Crippen molar-refractivity contribution in [3.8, 4) is 0 Å². The molecule has 1 aliphatic carbocycles. The van der Waals surface area contributed by atoms with Gasteiger partial charge >= 0.3 is 5.97 Å². The number of benzene rings is 1. The molecule has 1 aliphatic rings. The fraction of sp³-hybridized carbons (Fsp3) is 0.357. The topological polar surface area (TPSA) is 35.5 Å². The summed E-state index contributed by atoms with van der Waals surface area (Å²) in [5.41, 5.74) is 1.02. The minimum atomic E-state index is -0.109. The highest BCUT2D eigenvalue weighted by Gasteiger charge is 2.23. The Labute approximate surface area is 121 Å². The Morgan fingerprint density at radius 1 is 1.33 bits per heavy atom. The number of hydrogen-bond donors (Lipinski definition) is 0. The number of carbonyl (C=O) groups is 1. The molecule has 2 rings (SSSR count). The van der Waals surface area contributed by atoms with Gasteiger partial charge in [-0.1, -0.05) is 30.3 Å². The Morgan fingerprint density at radius 2 is 2.11 bits per heavy atom. The molecule has 0 amide bonds. The zero-order valence-corrected chi connectivity index (χ0v) is 12.1. The SMILES string of the molecule is O=C(OCc1ccccc1)C1CC=C(OI)CC1. The quantitative estimate of drug-likeness (QED) is 0.607. The van der Waals surface area contributed by atoms with Crippen LogP contribution in [0.2, 0.25) is 0 Å². The summed E-state index contributed by atoms with van der Waals surface area (Å²) in [4.78, 5) is 11.9. The monoisotopic (exact) mass is 358 g/mol. The number of ether oxygens (including phenoxy) is 1. The number of esters is 1. The predicted octanol–water partition coefficient (Wildman–Crippen LogP) is 3.78. The van der Waals surface area contributed by atoms with Crippen molar-refractivity contribution in [2.45, 2.75) is 25.9 Å². The molecule has 96 valence electrons. The van der Waals surface area contributed by atoms with Gasteiger partial charge in [0.2, 0.25) is 0 Å². The van der Waals surface area contributed by atoms with Crippen LogP contribution in [0.25, 0.3) is 0 Å². The molecule has 0 saturated carbocycles. The van der Waals surface area contributed by atoms with Crippen LogP contribution in [-0.2, 0) is 19.2 Å². The smallest absolute Gasteiger partial charge is 0.309 e. The largest absolute Gasteiger partial charge is 0.461 e. The van der Waals surface area contributed by atoms with Crippen LogP contribution < -0.4 is 0 Å². The van der Waals surface area contributed by atoms with Crippen molar-refractivity contribution in [2.75, 3.05) is 0 Å². The van der Waals surface area contributed by atoms with Gasteiger partial charge < -0.3 is 7.80 Å². The van der Waals surface area contributed by atoms with Gasteiger partial charge in [-0.2, -0.15) is 0 Å². The van der Waals surface area contributed by atoms with Crippen LogP contribution in [0, 0.1) is 5.92 Å². The van der Waals surface area contributed by atoms with E-state index in [2.05, 4.69) is 0 Å². The van der Waals surface area contributed by atoms with Crippen molar-refractivity contribution >= 4 is 29.0 Å². The molecule has 0 bridgehead atoms. The molecule has 0 radical (unpaired) electrons. The average molecular weight is 358 g/mol. The summed E-state index contributed by atoms with van der Waals surface area (Å²) in [5.74, 6) is 0.828. The minimum Gasteiger partial charge on any atom is -0.461 e. The van der Waals surface area contributed by atoms with Crippen molar-refractivity contribution in [1.29, 1.82) is 0 Å². The second-order valence-electron chi connectivity index (χ2n) is 4.31. The molecule has 0 fully saturated rings. The van der Waals surface area contributed by atoms with E-state index in [0.29, 0.717) is 13.0 Å². The van der Waals surface area contributed by atoms with Crippen LogP contribution in [0.1, 0.15) is 24.8 Å². The molecule has 1 aromatic rings. The van der Waals surface area contributed by atoms with E-state index in [0.717, 1.165) is 24.2 Å². The van der Waals surface area contributed by atoms with E-state index in [4.69, 9.17) is 7.80 Å². The van der Waals surface area contributed by atoms with E-state index in [1.165, 1.54) is 0 Å². The highest BCUT2D eigenvalue weighted by molar-refractivity contribution is 14.1. The summed E-state index contributed by atoms with van der Waals surface area (Å²) in [6.07, 6.45) is 4.31. The van der Waals surface area contributed by atoms with E-state index < -0.39 is 0 Å². The predicted molar refractivity (Wildman–Crippen MR) is 76.8 cm³/mol. The Hall–Kier alpha value is -1.04. The second kappa shape index (κ2) is 6.78. The van der Waals surface area contributed by atoms with Crippen molar-refractivity contribution < 1.29 is 12.6 Å². The molecular weight excluding hydrogens is 343 g/mol. The van der Waals surface area contributed by atoms with Gasteiger partial charge in [0.25, 0.3) is 0 Å². The zero-order valence-electron chi connectivity index (χ0n) is 9.97. The van der Waals surface area contributed by atoms with Crippen LogP contribution in [0.3, 0.4) is 0 Å². The van der Waals surface area contributed by atoms with Crippen LogP contribution >= 0.6 is 23.0 Å². The van der Waals surface area contributed by atoms with Gasteiger partial charge in [-0.05, 0) is 24.5 Å². The Kier molecular flexibility index (Phi) is 5.04. The van der Waals surface area contributed by atoms with Crippen molar-refractivity contribution in [3.05, 3.63) is 47.7 Å². The third-order valence-electron chi connectivity index (χ3n) is 3.03. The fourth-order valence-corrected chi connectivity index (χ4v) is 2.34. The first kappa shape index (κ1) is 13.4. The maximum Gasteiger partial charge on any atom is 0.309 e. The lowest BCUT2D eigenvalue weighted by Crippen LogP contribution is -2.19. The van der Waals surface area contributed by atoms with Crippen LogP contribution in [0.15, 0.2) is 42.2 Å². The van der Waals surface area contributed by atoms with Crippen LogP contribution in [-0.4, -0.2) is 5.97 Å². The first-order valence-corrected chi connectivity index (χ1v) is 6.86. The van der Waals surface area contributed by atoms with Crippen molar-refractivity contribution in [2.24, 2.45) is 5.92 Å². The Balaban J connectivity index is 1.81. The molecule has 18 heavy (non-hydrogen) atoms. The minimum absolute atomic E-state index is 0.0241. The third-order valence-corrected chi connectivity index (χ3v) is 3.59. The Bertz CT molecular complexity index is 428. The highest BCUT2D eigenvalue weighted by Crippen LogP contribution is 2.26. The molecule has 1 atom stereocenters. The maximum absolute atomic E-state index is 11.9. The lowest BCUT2D eigenvalue weighted by molar-refractivity contribution is -0.150. The van der Waals surface area contributed by atoms with E-state index in [1.54, 1.807) is 0 Å². The van der Waals surface area contributed by atoms with E-state index in [1.807, 2.05) is 59.4 Å². The highest BCUT2D eigenvalue weighted by atomic mass is 127. The molecule has 0 heterocycles. The van der Waals surface area contributed by atoms with Gasteiger partial charge in [-0.3, -0.25) is 4.79 Å². The molecule has 0 spiro atoms. The first-order chi connectivity index (χ1) is 8.79. The summed E-state index contributed by atoms with van der Waals surface area (Å²) < 4.78 is 10.5. The van der Waals surface area contributed by atoms with Gasteiger partial charge in [0.1, 0.15) is 12.4 Å². The molecular formula is C14H15IO3. The Morgan fingerprint density at radius 3 is 2.72 bits per heavy atom. The molecule has 4 heteroatoms. The molecule has 0 saturated heterocycles. The third kappa shape index (κ3) is 3.73. The maximum atomic E-state index is 11.9. The fourth-order valence-electron chi connectivity index (χ4n) is 1.94. The number of rotatable bonds is 4. The summed E-state index contributed by atoms with van der Waals surface area (Å²) in [6.45, 7) is 0.357. The van der Waals surface area contributed by atoms with E-state index in [-0.39, 0.29) is 11.9 Å². The molecule has 1 aromatic carbocycles. The number of allylic oxidation sites excluding steroid dienone is 2. The normalized spacial score (nSPS) is 18.9. The summed E-state index contributed by atoms with van der Waals surface area (Å²) in [6, 6.07) is 9.74. The van der Waals surface area contributed by atoms with Gasteiger partial charge in [-0.15, -0.1) is 0 Å². The molecule has 1 unspecified atom stereocenters. The lowest BCUT2D eigenvalue weighted by Gasteiger charge is -2.19. The van der Waals surface area contributed by atoms with Gasteiger partial charge in [0, 0.05) is 6.42 Å². The van der Waals surface area contributed by atoms with Gasteiger partial charge in [0.15, 0.2) is 23.0 Å². The molecule has 0 N–H and O–H groups in total. The second-order valence-corrected chi connectivity index (χ2v) is 4.75. The molecule has 3 nitrogen and oxygen atoms in total. The van der Waals surface area contributed by atoms with Crippen LogP contribution in [0.5, 0.6) is 0 Å². The zero-order chi connectivity index (χ0) is 12.8. The summed E-state index contributed by atoms with van der Waals surface area (Å²) in [7, 11) is 0.